The van der Waals surface area contributed by atoms with Crippen molar-refractivity contribution < 1.29 is 0 Å². The molecule has 0 amide bonds. The van der Waals surface area contributed by atoms with Crippen molar-refractivity contribution in [3.8, 4) is 0 Å². The van der Waals surface area contributed by atoms with Gasteiger partial charge in [-0.1, -0.05) is 20.8 Å². The normalized spacial score (nSPS) is 17.1. The molecule has 0 spiro atoms. The lowest BCUT2D eigenvalue weighted by Crippen LogP contribution is -2.17. The van der Waals surface area contributed by atoms with Gasteiger partial charge < -0.3 is 10.2 Å². The molecule has 0 radical (unpaired) electrons. The van der Waals surface area contributed by atoms with Crippen molar-refractivity contribution in [3.63, 3.8) is 0 Å². The zero-order valence-corrected chi connectivity index (χ0v) is 13.4. The van der Waals surface area contributed by atoms with Crippen LogP contribution in [0.15, 0.2) is 0 Å². The first kappa shape index (κ1) is 14.8. The molecular formula is C15H27N3S. The van der Waals surface area contributed by atoms with E-state index < -0.39 is 0 Å². The fraction of sp³-hybridized carbons (Fsp3) is 0.800. The Balaban J connectivity index is 2.12. The van der Waals surface area contributed by atoms with E-state index in [0.717, 1.165) is 13.1 Å². The van der Waals surface area contributed by atoms with Crippen LogP contribution >= 0.6 is 11.3 Å². The zero-order valence-electron chi connectivity index (χ0n) is 12.5. The van der Waals surface area contributed by atoms with Gasteiger partial charge in [-0.05, 0) is 38.1 Å². The number of hydrogen-bond acceptors (Lipinski definition) is 4. The van der Waals surface area contributed by atoms with Crippen molar-refractivity contribution in [2.24, 2.45) is 0 Å². The lowest BCUT2D eigenvalue weighted by atomic mass is 10.0. The zero-order chi connectivity index (χ0) is 13.7. The van der Waals surface area contributed by atoms with Gasteiger partial charge in [0, 0.05) is 24.5 Å². The van der Waals surface area contributed by atoms with Crippen LogP contribution in [0.4, 0.5) is 5.13 Å². The van der Waals surface area contributed by atoms with Crippen molar-refractivity contribution in [1.82, 2.24) is 10.3 Å². The molecular weight excluding hydrogens is 254 g/mol. The van der Waals surface area contributed by atoms with Gasteiger partial charge in [0.2, 0.25) is 0 Å². The lowest BCUT2D eigenvalue weighted by Gasteiger charge is -2.12. The second-order valence-corrected chi connectivity index (χ2v) is 6.55. The fourth-order valence-corrected chi connectivity index (χ4v) is 3.68. The largest absolute Gasteiger partial charge is 0.348 e. The third-order valence-corrected chi connectivity index (χ3v) is 5.02. The van der Waals surface area contributed by atoms with E-state index in [-0.39, 0.29) is 0 Å². The molecule has 1 saturated heterocycles. The van der Waals surface area contributed by atoms with E-state index >= 15 is 0 Å². The molecule has 2 heterocycles. The summed E-state index contributed by atoms with van der Waals surface area (Å²) in [5, 5.41) is 4.78. The number of anilines is 1. The molecule has 3 nitrogen and oxygen atoms in total. The average Bonchev–Trinajstić information content (AvgIpc) is 3.07. The van der Waals surface area contributed by atoms with Gasteiger partial charge in [0.25, 0.3) is 0 Å². The van der Waals surface area contributed by atoms with Gasteiger partial charge in [0.15, 0.2) is 5.13 Å². The van der Waals surface area contributed by atoms with Crippen molar-refractivity contribution in [1.29, 1.82) is 0 Å². The number of thiazole rings is 1. The van der Waals surface area contributed by atoms with E-state index in [1.807, 2.05) is 11.3 Å². The molecule has 1 aliphatic rings. The summed E-state index contributed by atoms with van der Waals surface area (Å²) in [7, 11) is 0. The Hall–Kier alpha value is -0.610. The maximum absolute atomic E-state index is 4.95. The minimum absolute atomic E-state index is 0.575. The summed E-state index contributed by atoms with van der Waals surface area (Å²) >= 11 is 1.90. The molecule has 1 fully saturated rings. The standard InChI is InChI=1S/C15H27N3S/c1-4-8-16-11-13-14(12(3)5-2)17-15(19-13)18-9-6-7-10-18/h12,16H,4-11H2,1-3H3. The number of aromatic nitrogens is 1. The summed E-state index contributed by atoms with van der Waals surface area (Å²) in [6, 6.07) is 0. The van der Waals surface area contributed by atoms with E-state index in [1.54, 1.807) is 0 Å². The first-order valence-corrected chi connectivity index (χ1v) is 8.53. The van der Waals surface area contributed by atoms with Crippen LogP contribution < -0.4 is 10.2 Å². The van der Waals surface area contributed by atoms with Gasteiger partial charge in [-0.2, -0.15) is 0 Å². The highest BCUT2D eigenvalue weighted by molar-refractivity contribution is 7.15. The molecule has 1 aromatic heterocycles. The van der Waals surface area contributed by atoms with Crippen LogP contribution in [0.25, 0.3) is 0 Å². The van der Waals surface area contributed by atoms with Crippen molar-refractivity contribution in [3.05, 3.63) is 10.6 Å². The molecule has 0 aromatic carbocycles. The molecule has 0 aliphatic carbocycles. The summed E-state index contributed by atoms with van der Waals surface area (Å²) < 4.78 is 0. The van der Waals surface area contributed by atoms with E-state index in [2.05, 4.69) is 31.0 Å². The third kappa shape index (κ3) is 3.69. The van der Waals surface area contributed by atoms with Crippen LogP contribution in [0.1, 0.15) is 62.9 Å². The molecule has 1 atom stereocenters. The Bertz CT molecular complexity index is 383. The lowest BCUT2D eigenvalue weighted by molar-refractivity contribution is 0.655. The number of hydrogen-bond donors (Lipinski definition) is 1. The number of nitrogens with one attached hydrogen (secondary N) is 1. The second kappa shape index (κ2) is 7.25. The minimum atomic E-state index is 0.575. The van der Waals surface area contributed by atoms with Gasteiger partial charge in [-0.3, -0.25) is 0 Å². The fourth-order valence-electron chi connectivity index (χ4n) is 2.48. The second-order valence-electron chi connectivity index (χ2n) is 5.49. The Morgan fingerprint density at radius 2 is 2.05 bits per heavy atom. The molecule has 4 heteroatoms. The summed E-state index contributed by atoms with van der Waals surface area (Å²) in [6.45, 7) is 11.2. The van der Waals surface area contributed by atoms with Gasteiger partial charge in [0.1, 0.15) is 0 Å². The maximum atomic E-state index is 4.95. The van der Waals surface area contributed by atoms with Gasteiger partial charge in [0.05, 0.1) is 5.69 Å². The van der Waals surface area contributed by atoms with E-state index in [4.69, 9.17) is 4.98 Å². The highest BCUT2D eigenvalue weighted by atomic mass is 32.1. The monoisotopic (exact) mass is 281 g/mol. The van der Waals surface area contributed by atoms with Crippen molar-refractivity contribution >= 4 is 16.5 Å². The summed E-state index contributed by atoms with van der Waals surface area (Å²) in [6.07, 6.45) is 5.00. The first-order chi connectivity index (χ1) is 9.26. The molecule has 1 aliphatic heterocycles. The molecule has 108 valence electrons. The summed E-state index contributed by atoms with van der Waals surface area (Å²) in [5.41, 5.74) is 1.33. The Kier molecular flexibility index (Phi) is 5.64. The molecule has 0 saturated carbocycles. The average molecular weight is 281 g/mol. The van der Waals surface area contributed by atoms with E-state index in [9.17, 15) is 0 Å². The van der Waals surface area contributed by atoms with Crippen LogP contribution in [0.5, 0.6) is 0 Å². The molecule has 1 unspecified atom stereocenters. The van der Waals surface area contributed by atoms with E-state index in [0.29, 0.717) is 5.92 Å². The number of rotatable bonds is 7. The molecule has 2 rings (SSSR count). The molecule has 1 N–H and O–H groups in total. The van der Waals surface area contributed by atoms with E-state index in [1.165, 1.54) is 54.5 Å². The van der Waals surface area contributed by atoms with Crippen molar-refractivity contribution in [2.45, 2.75) is 58.9 Å². The Morgan fingerprint density at radius 3 is 2.68 bits per heavy atom. The predicted octanol–water partition coefficient (Wildman–Crippen LogP) is 3.76. The van der Waals surface area contributed by atoms with Crippen LogP contribution in [0.3, 0.4) is 0 Å². The van der Waals surface area contributed by atoms with Crippen LogP contribution in [0.2, 0.25) is 0 Å². The SMILES string of the molecule is CCCNCc1sc(N2CCCC2)nc1C(C)CC. The van der Waals surface area contributed by atoms with Crippen LogP contribution in [0, 0.1) is 0 Å². The van der Waals surface area contributed by atoms with Gasteiger partial charge in [-0.25, -0.2) is 4.98 Å². The van der Waals surface area contributed by atoms with Gasteiger partial charge in [-0.15, -0.1) is 11.3 Å². The van der Waals surface area contributed by atoms with Crippen molar-refractivity contribution in [2.75, 3.05) is 24.5 Å². The van der Waals surface area contributed by atoms with Gasteiger partial charge >= 0.3 is 0 Å². The molecule has 19 heavy (non-hydrogen) atoms. The minimum Gasteiger partial charge on any atom is -0.348 e. The highest BCUT2D eigenvalue weighted by Crippen LogP contribution is 2.33. The third-order valence-electron chi connectivity index (χ3n) is 3.88. The molecule has 0 bridgehead atoms. The van der Waals surface area contributed by atoms with Crippen LogP contribution in [-0.4, -0.2) is 24.6 Å². The number of nitrogens with zero attached hydrogens (tertiary/aromatic N) is 2. The quantitative estimate of drug-likeness (QED) is 0.771. The summed E-state index contributed by atoms with van der Waals surface area (Å²) in [5.74, 6) is 0.575. The topological polar surface area (TPSA) is 28.2 Å². The smallest absolute Gasteiger partial charge is 0.185 e. The Labute approximate surface area is 121 Å². The first-order valence-electron chi connectivity index (χ1n) is 7.71. The molecule has 1 aromatic rings. The highest BCUT2D eigenvalue weighted by Gasteiger charge is 2.21. The Morgan fingerprint density at radius 1 is 1.32 bits per heavy atom. The van der Waals surface area contributed by atoms with Crippen LogP contribution in [-0.2, 0) is 6.54 Å². The predicted molar refractivity (Wildman–Crippen MR) is 84.3 cm³/mol. The maximum Gasteiger partial charge on any atom is 0.185 e. The summed E-state index contributed by atoms with van der Waals surface area (Å²) in [4.78, 5) is 8.85.